The van der Waals surface area contributed by atoms with Crippen LogP contribution in [0.15, 0.2) is 6.07 Å². The molecule has 14 heavy (non-hydrogen) atoms. The summed E-state index contributed by atoms with van der Waals surface area (Å²) in [6, 6.07) is 1.95. The zero-order valence-electron chi connectivity index (χ0n) is 8.72. The number of benzene rings is 1. The van der Waals surface area contributed by atoms with Gasteiger partial charge in [-0.2, -0.15) is 0 Å². The standard InChI is InChI=1S/C12H14O2/c1-6-4-8(3)12(14)11-9(13)5-7(2)10(6)11/h4,7,14H,5H2,1-3H3/t7-/m0/s1. The highest BCUT2D eigenvalue weighted by atomic mass is 16.3. The number of Topliss-reactive ketones (excluding diaryl/α,β-unsaturated/α-hetero) is 1. The van der Waals surface area contributed by atoms with Gasteiger partial charge in [-0.05, 0) is 36.5 Å². The second kappa shape index (κ2) is 2.84. The van der Waals surface area contributed by atoms with Crippen molar-refractivity contribution in [2.45, 2.75) is 33.1 Å². The molecule has 2 heteroatoms. The smallest absolute Gasteiger partial charge is 0.167 e. The highest BCUT2D eigenvalue weighted by molar-refractivity contribution is 6.04. The molecule has 2 nitrogen and oxygen atoms in total. The fourth-order valence-corrected chi connectivity index (χ4v) is 2.39. The van der Waals surface area contributed by atoms with Crippen molar-refractivity contribution in [1.82, 2.24) is 0 Å². The van der Waals surface area contributed by atoms with E-state index in [-0.39, 0.29) is 17.5 Å². The number of fused-ring (bicyclic) bond motifs is 1. The van der Waals surface area contributed by atoms with Crippen molar-refractivity contribution in [1.29, 1.82) is 0 Å². The van der Waals surface area contributed by atoms with Gasteiger partial charge >= 0.3 is 0 Å². The Labute approximate surface area is 83.6 Å². The van der Waals surface area contributed by atoms with Crippen LogP contribution in [-0.2, 0) is 0 Å². The number of ketones is 1. The molecule has 0 heterocycles. The lowest BCUT2D eigenvalue weighted by atomic mass is 9.95. The largest absolute Gasteiger partial charge is 0.507 e. The molecule has 0 unspecified atom stereocenters. The van der Waals surface area contributed by atoms with Crippen molar-refractivity contribution >= 4 is 5.78 Å². The van der Waals surface area contributed by atoms with E-state index < -0.39 is 0 Å². The molecule has 0 saturated heterocycles. The van der Waals surface area contributed by atoms with Crippen LogP contribution in [0.25, 0.3) is 0 Å². The first kappa shape index (κ1) is 9.25. The van der Waals surface area contributed by atoms with Gasteiger partial charge in [-0.1, -0.05) is 13.0 Å². The maximum atomic E-state index is 11.6. The Morgan fingerprint density at radius 3 is 2.64 bits per heavy atom. The molecular formula is C12H14O2. The van der Waals surface area contributed by atoms with Crippen LogP contribution in [0.4, 0.5) is 0 Å². The fraction of sp³-hybridized carbons (Fsp3) is 0.417. The van der Waals surface area contributed by atoms with Crippen molar-refractivity contribution < 1.29 is 9.90 Å². The maximum absolute atomic E-state index is 11.6. The first-order valence-corrected chi connectivity index (χ1v) is 4.88. The molecule has 1 aromatic rings. The number of aromatic hydroxyl groups is 1. The van der Waals surface area contributed by atoms with Crippen molar-refractivity contribution in [2.75, 3.05) is 0 Å². The van der Waals surface area contributed by atoms with E-state index in [0.717, 1.165) is 16.7 Å². The van der Waals surface area contributed by atoms with E-state index in [1.54, 1.807) is 0 Å². The van der Waals surface area contributed by atoms with Crippen LogP contribution < -0.4 is 0 Å². The van der Waals surface area contributed by atoms with E-state index in [4.69, 9.17) is 0 Å². The highest BCUT2D eigenvalue weighted by Crippen LogP contribution is 2.41. The monoisotopic (exact) mass is 190 g/mol. The molecule has 0 amide bonds. The minimum atomic E-state index is 0.0804. The van der Waals surface area contributed by atoms with Gasteiger partial charge in [0.15, 0.2) is 5.78 Å². The SMILES string of the molecule is Cc1cc(C)c2c(c1O)C(=O)C[C@@H]2C. The Hall–Kier alpha value is -1.31. The van der Waals surface area contributed by atoms with E-state index >= 15 is 0 Å². The second-order valence-corrected chi connectivity index (χ2v) is 4.18. The third kappa shape index (κ3) is 1.07. The molecule has 1 aliphatic rings. The maximum Gasteiger partial charge on any atom is 0.167 e. The average Bonchev–Trinajstić information content (AvgIpc) is 2.38. The summed E-state index contributed by atoms with van der Waals surface area (Å²) in [5, 5.41) is 9.81. The molecule has 0 aliphatic heterocycles. The normalized spacial score (nSPS) is 19.9. The number of carbonyl (C=O) groups excluding carboxylic acids is 1. The molecule has 1 aromatic carbocycles. The molecule has 1 N–H and O–H groups in total. The lowest BCUT2D eigenvalue weighted by molar-refractivity contribution is 0.0988. The van der Waals surface area contributed by atoms with Gasteiger partial charge in [-0.15, -0.1) is 0 Å². The number of hydrogen-bond acceptors (Lipinski definition) is 2. The fourth-order valence-electron chi connectivity index (χ4n) is 2.39. The number of phenolic OH excluding ortho intramolecular Hbond substituents is 1. The Bertz CT molecular complexity index is 419. The number of carbonyl (C=O) groups is 1. The van der Waals surface area contributed by atoms with Crippen molar-refractivity contribution in [3.8, 4) is 5.75 Å². The highest BCUT2D eigenvalue weighted by Gasteiger charge is 2.31. The Balaban J connectivity index is 2.79. The van der Waals surface area contributed by atoms with E-state index in [2.05, 4.69) is 0 Å². The van der Waals surface area contributed by atoms with E-state index in [9.17, 15) is 9.90 Å². The van der Waals surface area contributed by atoms with Crippen molar-refractivity contribution in [2.24, 2.45) is 0 Å². The molecule has 1 aliphatic carbocycles. The van der Waals surface area contributed by atoms with Gasteiger partial charge in [0.2, 0.25) is 0 Å². The molecule has 0 spiro atoms. The molecule has 1 atom stereocenters. The van der Waals surface area contributed by atoms with Crippen molar-refractivity contribution in [3.05, 3.63) is 28.3 Å². The Kier molecular flexibility index (Phi) is 1.88. The third-order valence-electron chi connectivity index (χ3n) is 3.00. The van der Waals surface area contributed by atoms with Crippen LogP contribution in [0.3, 0.4) is 0 Å². The van der Waals surface area contributed by atoms with Gasteiger partial charge in [0.05, 0.1) is 5.56 Å². The molecule has 2 rings (SSSR count). The van der Waals surface area contributed by atoms with Crippen LogP contribution in [0.1, 0.15) is 46.3 Å². The summed E-state index contributed by atoms with van der Waals surface area (Å²) in [6.45, 7) is 5.87. The molecule has 0 saturated carbocycles. The average molecular weight is 190 g/mol. The zero-order valence-corrected chi connectivity index (χ0v) is 8.72. The van der Waals surface area contributed by atoms with Crippen LogP contribution in [0.2, 0.25) is 0 Å². The van der Waals surface area contributed by atoms with Gasteiger partial charge in [-0.3, -0.25) is 4.79 Å². The lowest BCUT2D eigenvalue weighted by Gasteiger charge is -2.11. The molecule has 0 radical (unpaired) electrons. The third-order valence-corrected chi connectivity index (χ3v) is 3.00. The Morgan fingerprint density at radius 1 is 1.36 bits per heavy atom. The summed E-state index contributed by atoms with van der Waals surface area (Å²) >= 11 is 0. The van der Waals surface area contributed by atoms with Crippen LogP contribution in [0.5, 0.6) is 5.75 Å². The zero-order chi connectivity index (χ0) is 10.5. The summed E-state index contributed by atoms with van der Waals surface area (Å²) in [4.78, 5) is 11.6. The molecular weight excluding hydrogens is 176 g/mol. The van der Waals surface area contributed by atoms with E-state index in [1.165, 1.54) is 0 Å². The van der Waals surface area contributed by atoms with Crippen LogP contribution in [-0.4, -0.2) is 10.9 Å². The van der Waals surface area contributed by atoms with Gasteiger partial charge in [0.25, 0.3) is 0 Å². The first-order chi connectivity index (χ1) is 6.52. The van der Waals surface area contributed by atoms with Crippen LogP contribution in [0, 0.1) is 13.8 Å². The van der Waals surface area contributed by atoms with Crippen molar-refractivity contribution in [3.63, 3.8) is 0 Å². The second-order valence-electron chi connectivity index (χ2n) is 4.18. The molecule has 0 fully saturated rings. The molecule has 0 bridgehead atoms. The summed E-state index contributed by atoms with van der Waals surface area (Å²) in [5.41, 5.74) is 3.52. The number of aryl methyl sites for hydroxylation is 2. The predicted molar refractivity (Wildman–Crippen MR) is 54.9 cm³/mol. The quantitative estimate of drug-likeness (QED) is 0.683. The van der Waals surface area contributed by atoms with E-state index in [0.29, 0.717) is 12.0 Å². The van der Waals surface area contributed by atoms with E-state index in [1.807, 2.05) is 26.8 Å². The lowest BCUT2D eigenvalue weighted by Crippen LogP contribution is -1.96. The van der Waals surface area contributed by atoms with Gasteiger partial charge in [0.1, 0.15) is 5.75 Å². The summed E-state index contributed by atoms with van der Waals surface area (Å²) in [5.74, 6) is 0.515. The Morgan fingerprint density at radius 2 is 2.00 bits per heavy atom. The van der Waals surface area contributed by atoms with Gasteiger partial charge in [0, 0.05) is 6.42 Å². The predicted octanol–water partition coefficient (Wildman–Crippen LogP) is 2.70. The minimum Gasteiger partial charge on any atom is -0.507 e. The van der Waals surface area contributed by atoms with Crippen LogP contribution >= 0.6 is 0 Å². The number of phenols is 1. The summed E-state index contributed by atoms with van der Waals surface area (Å²) in [7, 11) is 0. The van der Waals surface area contributed by atoms with Gasteiger partial charge in [-0.25, -0.2) is 0 Å². The summed E-state index contributed by atoms with van der Waals surface area (Å²) in [6.07, 6.45) is 0.535. The number of hydrogen-bond donors (Lipinski definition) is 1. The topological polar surface area (TPSA) is 37.3 Å². The minimum absolute atomic E-state index is 0.0804. The summed E-state index contributed by atoms with van der Waals surface area (Å²) < 4.78 is 0. The van der Waals surface area contributed by atoms with Gasteiger partial charge < -0.3 is 5.11 Å². The first-order valence-electron chi connectivity index (χ1n) is 4.88. The number of rotatable bonds is 0. The molecule has 74 valence electrons. The molecule has 0 aromatic heterocycles.